The highest BCUT2D eigenvalue weighted by atomic mass is 79.9. The van der Waals surface area contributed by atoms with Gasteiger partial charge in [-0.05, 0) is 35.1 Å². The number of nitrogens with zero attached hydrogens (tertiary/aromatic N) is 2. The molecule has 0 aromatic carbocycles. The lowest BCUT2D eigenvalue weighted by molar-refractivity contribution is 0.171. The van der Waals surface area contributed by atoms with Crippen LogP contribution >= 0.6 is 15.9 Å². The van der Waals surface area contributed by atoms with E-state index in [0.29, 0.717) is 6.04 Å². The maximum Gasteiger partial charge on any atom is 0.0544 e. The van der Waals surface area contributed by atoms with E-state index in [1.165, 1.54) is 0 Å². The lowest BCUT2D eigenvalue weighted by atomic mass is 10.1. The van der Waals surface area contributed by atoms with E-state index in [0.717, 1.165) is 29.8 Å². The van der Waals surface area contributed by atoms with E-state index in [-0.39, 0.29) is 0 Å². The number of pyridine rings is 1. The van der Waals surface area contributed by atoms with E-state index >= 15 is 0 Å². The second-order valence-electron chi connectivity index (χ2n) is 3.69. The predicted molar refractivity (Wildman–Crippen MR) is 60.1 cm³/mol. The minimum absolute atomic E-state index is 0.681. The van der Waals surface area contributed by atoms with Crippen LogP contribution in [0.3, 0.4) is 0 Å². The summed E-state index contributed by atoms with van der Waals surface area (Å²) >= 11 is 3.38. The molecule has 1 aliphatic heterocycles. The number of likely N-dealkylation sites (N-methyl/N-ethyl adjacent to an activating group) is 1. The van der Waals surface area contributed by atoms with Crippen molar-refractivity contribution in [2.24, 2.45) is 0 Å². The van der Waals surface area contributed by atoms with Crippen molar-refractivity contribution in [2.45, 2.75) is 12.6 Å². The number of aromatic nitrogens is 1. The van der Waals surface area contributed by atoms with Crippen LogP contribution in [-0.2, 0) is 6.54 Å². The largest absolute Gasteiger partial charge is 0.314 e. The number of halogens is 1. The highest BCUT2D eigenvalue weighted by Crippen LogP contribution is 2.10. The molecule has 2 heterocycles. The van der Waals surface area contributed by atoms with Gasteiger partial charge < -0.3 is 5.32 Å². The van der Waals surface area contributed by atoms with Gasteiger partial charge in [-0.15, -0.1) is 0 Å². The SMILES string of the molecule is CN(Cc1ccc(Br)cn1)C1CNC1. The number of nitrogens with one attached hydrogen (secondary N) is 1. The molecule has 14 heavy (non-hydrogen) atoms. The van der Waals surface area contributed by atoms with Crippen LogP contribution in [0.1, 0.15) is 5.69 Å². The normalized spacial score (nSPS) is 17.1. The Morgan fingerprint density at radius 3 is 2.86 bits per heavy atom. The van der Waals surface area contributed by atoms with Crippen LogP contribution in [0.15, 0.2) is 22.8 Å². The molecule has 1 saturated heterocycles. The van der Waals surface area contributed by atoms with Crippen LogP contribution in [-0.4, -0.2) is 36.1 Å². The van der Waals surface area contributed by atoms with Crippen LogP contribution in [0.2, 0.25) is 0 Å². The zero-order valence-corrected chi connectivity index (χ0v) is 9.79. The molecule has 1 aromatic rings. The zero-order valence-electron chi connectivity index (χ0n) is 8.20. The average molecular weight is 256 g/mol. The van der Waals surface area contributed by atoms with Gasteiger partial charge in [0.1, 0.15) is 0 Å². The third kappa shape index (κ3) is 2.32. The van der Waals surface area contributed by atoms with Gasteiger partial charge in [-0.25, -0.2) is 0 Å². The molecule has 0 aliphatic carbocycles. The fourth-order valence-corrected chi connectivity index (χ4v) is 1.70. The molecule has 3 nitrogen and oxygen atoms in total. The monoisotopic (exact) mass is 255 g/mol. The van der Waals surface area contributed by atoms with Gasteiger partial charge in [0.2, 0.25) is 0 Å². The van der Waals surface area contributed by atoms with Crippen molar-refractivity contribution in [3.05, 3.63) is 28.5 Å². The summed E-state index contributed by atoms with van der Waals surface area (Å²) in [5, 5.41) is 3.27. The van der Waals surface area contributed by atoms with E-state index in [4.69, 9.17) is 0 Å². The Bertz CT molecular complexity index is 295. The first-order valence-electron chi connectivity index (χ1n) is 4.77. The molecule has 1 N–H and O–H groups in total. The smallest absolute Gasteiger partial charge is 0.0544 e. The van der Waals surface area contributed by atoms with Crippen molar-refractivity contribution in [1.82, 2.24) is 15.2 Å². The summed E-state index contributed by atoms with van der Waals surface area (Å²) in [7, 11) is 2.15. The van der Waals surface area contributed by atoms with Crippen LogP contribution in [0.4, 0.5) is 0 Å². The van der Waals surface area contributed by atoms with Crippen molar-refractivity contribution in [2.75, 3.05) is 20.1 Å². The minimum Gasteiger partial charge on any atom is -0.314 e. The molecule has 0 radical (unpaired) electrons. The summed E-state index contributed by atoms with van der Waals surface area (Å²) in [4.78, 5) is 6.69. The van der Waals surface area contributed by atoms with Gasteiger partial charge in [0, 0.05) is 36.3 Å². The molecule has 1 aromatic heterocycles. The molecule has 0 unspecified atom stereocenters. The summed E-state index contributed by atoms with van der Waals surface area (Å²) in [6.45, 7) is 3.14. The quantitative estimate of drug-likeness (QED) is 0.882. The van der Waals surface area contributed by atoms with Gasteiger partial charge in [0.05, 0.1) is 5.69 Å². The Hall–Kier alpha value is -0.450. The van der Waals surface area contributed by atoms with Crippen LogP contribution in [0.5, 0.6) is 0 Å². The maximum absolute atomic E-state index is 4.35. The van der Waals surface area contributed by atoms with Gasteiger partial charge in [-0.1, -0.05) is 0 Å². The van der Waals surface area contributed by atoms with Crippen molar-refractivity contribution in [3.8, 4) is 0 Å². The van der Waals surface area contributed by atoms with Gasteiger partial charge in [-0.3, -0.25) is 9.88 Å². The van der Waals surface area contributed by atoms with Crippen molar-refractivity contribution in [3.63, 3.8) is 0 Å². The third-order valence-electron chi connectivity index (χ3n) is 2.58. The summed E-state index contributed by atoms with van der Waals surface area (Å²) in [5.41, 5.74) is 1.13. The molecule has 76 valence electrons. The summed E-state index contributed by atoms with van der Waals surface area (Å²) in [6, 6.07) is 4.78. The maximum atomic E-state index is 4.35. The second kappa shape index (κ2) is 4.38. The fourth-order valence-electron chi connectivity index (χ4n) is 1.47. The first-order chi connectivity index (χ1) is 6.75. The molecule has 2 rings (SSSR count). The molecule has 4 heteroatoms. The van der Waals surface area contributed by atoms with Gasteiger partial charge >= 0.3 is 0 Å². The van der Waals surface area contributed by atoms with E-state index in [2.05, 4.69) is 44.2 Å². The molecule has 0 atom stereocenters. The van der Waals surface area contributed by atoms with E-state index < -0.39 is 0 Å². The third-order valence-corrected chi connectivity index (χ3v) is 3.05. The molecule has 0 saturated carbocycles. The van der Waals surface area contributed by atoms with E-state index in [9.17, 15) is 0 Å². The lowest BCUT2D eigenvalue weighted by Crippen LogP contribution is -2.55. The Morgan fingerprint density at radius 2 is 2.36 bits per heavy atom. The van der Waals surface area contributed by atoms with Gasteiger partial charge in [0.15, 0.2) is 0 Å². The van der Waals surface area contributed by atoms with Crippen molar-refractivity contribution in [1.29, 1.82) is 0 Å². The number of rotatable bonds is 3. The first-order valence-corrected chi connectivity index (χ1v) is 5.56. The highest BCUT2D eigenvalue weighted by Gasteiger charge is 2.21. The predicted octanol–water partition coefficient (Wildman–Crippen LogP) is 1.25. The highest BCUT2D eigenvalue weighted by molar-refractivity contribution is 9.10. The summed E-state index contributed by atoms with van der Waals surface area (Å²) in [5.74, 6) is 0. The molecule has 0 amide bonds. The van der Waals surface area contributed by atoms with Crippen LogP contribution < -0.4 is 5.32 Å². The Kier molecular flexibility index (Phi) is 3.15. The van der Waals surface area contributed by atoms with Crippen molar-refractivity contribution < 1.29 is 0 Å². The molecule has 1 fully saturated rings. The van der Waals surface area contributed by atoms with Gasteiger partial charge in [-0.2, -0.15) is 0 Å². The first kappa shape index (κ1) is 10.1. The fraction of sp³-hybridized carbons (Fsp3) is 0.500. The Morgan fingerprint density at radius 1 is 1.57 bits per heavy atom. The molecule has 0 bridgehead atoms. The minimum atomic E-state index is 0.681. The standard InChI is InChI=1S/C10H14BrN3/c1-14(10-5-12-6-10)7-9-3-2-8(11)4-13-9/h2-4,10,12H,5-7H2,1H3. The molecular weight excluding hydrogens is 242 g/mol. The van der Waals surface area contributed by atoms with Crippen LogP contribution in [0.25, 0.3) is 0 Å². The Labute approximate surface area is 92.6 Å². The summed E-state index contributed by atoms with van der Waals surface area (Å²) in [6.07, 6.45) is 1.85. The number of hydrogen-bond donors (Lipinski definition) is 1. The lowest BCUT2D eigenvalue weighted by Gasteiger charge is -2.35. The molecule has 1 aliphatic rings. The van der Waals surface area contributed by atoms with Crippen LogP contribution in [0, 0.1) is 0 Å². The van der Waals surface area contributed by atoms with Crippen molar-refractivity contribution >= 4 is 15.9 Å². The summed E-state index contributed by atoms with van der Waals surface area (Å²) < 4.78 is 1.04. The van der Waals surface area contributed by atoms with E-state index in [1.54, 1.807) is 0 Å². The topological polar surface area (TPSA) is 28.2 Å². The molecule has 0 spiro atoms. The number of hydrogen-bond acceptors (Lipinski definition) is 3. The average Bonchev–Trinajstić information content (AvgIpc) is 2.06. The van der Waals surface area contributed by atoms with E-state index in [1.807, 2.05) is 12.3 Å². The zero-order chi connectivity index (χ0) is 9.97. The second-order valence-corrected chi connectivity index (χ2v) is 4.61. The molecular formula is C10H14BrN3. The Balaban J connectivity index is 1.92. The van der Waals surface area contributed by atoms with Gasteiger partial charge in [0.25, 0.3) is 0 Å².